The first kappa shape index (κ1) is 10.9. The maximum absolute atomic E-state index is 10.3. The molecule has 2 heteroatoms. The Hall–Kier alpha value is -1.15. The zero-order chi connectivity index (χ0) is 10.6. The summed E-state index contributed by atoms with van der Waals surface area (Å²) >= 11 is 0. The smallest absolute Gasteiger partial charge is 0.0911 e. The normalized spacial score (nSPS) is 17.1. The van der Waals surface area contributed by atoms with Crippen molar-refractivity contribution in [1.29, 1.82) is 0 Å². The highest BCUT2D eigenvalue weighted by Gasteiger charge is 2.29. The quantitative estimate of drug-likeness (QED) is 0.742. The molecule has 76 valence electrons. The minimum Gasteiger partial charge on any atom is -0.385 e. The molecule has 0 aliphatic carbocycles. The van der Waals surface area contributed by atoms with E-state index >= 15 is 0 Å². The largest absolute Gasteiger partial charge is 0.385 e. The molecule has 0 radical (unpaired) electrons. The molecular weight excluding hydrogens is 174 g/mol. The molecule has 14 heavy (non-hydrogen) atoms. The van der Waals surface area contributed by atoms with Gasteiger partial charge in [-0.2, -0.15) is 0 Å². The zero-order valence-electron chi connectivity index (χ0n) is 8.77. The van der Waals surface area contributed by atoms with Crippen LogP contribution in [0.25, 0.3) is 0 Å². The second kappa shape index (κ2) is 4.38. The van der Waals surface area contributed by atoms with Crippen LogP contribution >= 0.6 is 0 Å². The lowest BCUT2D eigenvalue weighted by molar-refractivity contribution is 0.00239. The Balaban J connectivity index is 2.89. The average Bonchev–Trinajstić information content (AvgIpc) is 2.19. The van der Waals surface area contributed by atoms with Gasteiger partial charge in [-0.05, 0) is 25.3 Å². The maximum Gasteiger partial charge on any atom is 0.0911 e. The van der Waals surface area contributed by atoms with Gasteiger partial charge in [-0.15, -0.1) is 6.58 Å². The molecule has 0 bridgehead atoms. The van der Waals surface area contributed by atoms with Crippen LogP contribution in [0.4, 0.5) is 0 Å². The Bertz CT molecular complexity index is 292. The van der Waals surface area contributed by atoms with Gasteiger partial charge in [-0.1, -0.05) is 19.1 Å². The zero-order valence-corrected chi connectivity index (χ0v) is 8.77. The van der Waals surface area contributed by atoms with E-state index in [0.717, 1.165) is 12.0 Å². The molecule has 0 saturated heterocycles. The predicted octanol–water partition coefficient (Wildman–Crippen LogP) is 2.50. The first-order valence-corrected chi connectivity index (χ1v) is 4.82. The van der Waals surface area contributed by atoms with Gasteiger partial charge in [0.25, 0.3) is 0 Å². The Labute approximate surface area is 85.3 Å². The number of aliphatic hydroxyl groups is 1. The van der Waals surface area contributed by atoms with Crippen LogP contribution in [0.15, 0.2) is 37.2 Å². The van der Waals surface area contributed by atoms with Crippen molar-refractivity contribution in [2.24, 2.45) is 5.92 Å². The van der Waals surface area contributed by atoms with E-state index in [1.54, 1.807) is 12.4 Å². The van der Waals surface area contributed by atoms with Crippen LogP contribution in [0, 0.1) is 5.92 Å². The summed E-state index contributed by atoms with van der Waals surface area (Å²) in [5.74, 6) is 0.143. The van der Waals surface area contributed by atoms with Crippen molar-refractivity contribution < 1.29 is 5.11 Å². The van der Waals surface area contributed by atoms with E-state index in [1.807, 2.05) is 32.1 Å². The van der Waals surface area contributed by atoms with Crippen molar-refractivity contribution >= 4 is 0 Å². The summed E-state index contributed by atoms with van der Waals surface area (Å²) in [5.41, 5.74) is 0.0250. The van der Waals surface area contributed by atoms with Crippen molar-refractivity contribution in [3.8, 4) is 0 Å². The number of hydrogen-bond acceptors (Lipinski definition) is 2. The van der Waals surface area contributed by atoms with E-state index in [4.69, 9.17) is 0 Å². The van der Waals surface area contributed by atoms with Crippen LogP contribution < -0.4 is 0 Å². The predicted molar refractivity (Wildman–Crippen MR) is 57.8 cm³/mol. The fourth-order valence-electron chi connectivity index (χ4n) is 1.43. The molecule has 0 aromatic carbocycles. The molecule has 0 saturated carbocycles. The number of rotatable bonds is 4. The topological polar surface area (TPSA) is 33.1 Å². The number of hydrogen-bond donors (Lipinski definition) is 1. The number of aromatic nitrogens is 1. The standard InChI is InChI=1S/C12H17NO/c1-4-6-10(2)12(3,14)11-7-5-8-13-9-11/h4-5,7-10,14H,1,6H2,2-3H3. The minimum atomic E-state index is -0.831. The maximum atomic E-state index is 10.3. The Kier molecular flexibility index (Phi) is 3.42. The first-order chi connectivity index (χ1) is 6.59. The summed E-state index contributed by atoms with van der Waals surface area (Å²) in [7, 11) is 0. The molecule has 0 aliphatic heterocycles. The average molecular weight is 191 g/mol. The summed E-state index contributed by atoms with van der Waals surface area (Å²) in [6.07, 6.45) is 6.04. The third-order valence-electron chi connectivity index (χ3n) is 2.73. The van der Waals surface area contributed by atoms with Crippen LogP contribution in [-0.4, -0.2) is 10.1 Å². The van der Waals surface area contributed by atoms with Gasteiger partial charge in [0.05, 0.1) is 5.60 Å². The molecule has 2 atom stereocenters. The van der Waals surface area contributed by atoms with Crippen molar-refractivity contribution in [2.75, 3.05) is 0 Å². The van der Waals surface area contributed by atoms with E-state index in [9.17, 15) is 5.11 Å². The van der Waals surface area contributed by atoms with Crippen LogP contribution in [-0.2, 0) is 5.60 Å². The van der Waals surface area contributed by atoms with Gasteiger partial charge in [0, 0.05) is 18.0 Å². The van der Waals surface area contributed by atoms with Crippen LogP contribution in [0.3, 0.4) is 0 Å². The molecule has 0 spiro atoms. The van der Waals surface area contributed by atoms with Crippen LogP contribution in [0.5, 0.6) is 0 Å². The number of nitrogens with zero attached hydrogens (tertiary/aromatic N) is 1. The van der Waals surface area contributed by atoms with Gasteiger partial charge in [0.1, 0.15) is 0 Å². The highest BCUT2D eigenvalue weighted by atomic mass is 16.3. The Morgan fingerprint density at radius 1 is 1.71 bits per heavy atom. The van der Waals surface area contributed by atoms with Gasteiger partial charge in [-0.3, -0.25) is 4.98 Å². The number of allylic oxidation sites excluding steroid dienone is 1. The molecule has 1 rings (SSSR count). The molecule has 0 fully saturated rings. The molecule has 0 aliphatic rings. The Morgan fingerprint density at radius 2 is 2.43 bits per heavy atom. The van der Waals surface area contributed by atoms with Crippen molar-refractivity contribution in [3.63, 3.8) is 0 Å². The summed E-state index contributed by atoms with van der Waals surface area (Å²) < 4.78 is 0. The highest BCUT2D eigenvalue weighted by Crippen LogP contribution is 2.30. The highest BCUT2D eigenvalue weighted by molar-refractivity contribution is 5.18. The van der Waals surface area contributed by atoms with Crippen molar-refractivity contribution in [2.45, 2.75) is 25.9 Å². The summed E-state index contributed by atoms with van der Waals surface area (Å²) in [6.45, 7) is 7.51. The lowest BCUT2D eigenvalue weighted by Crippen LogP contribution is -2.29. The fourth-order valence-corrected chi connectivity index (χ4v) is 1.43. The van der Waals surface area contributed by atoms with Gasteiger partial charge in [-0.25, -0.2) is 0 Å². The SMILES string of the molecule is C=CCC(C)C(C)(O)c1cccnc1. The monoisotopic (exact) mass is 191 g/mol. The Morgan fingerprint density at radius 3 is 2.93 bits per heavy atom. The number of pyridine rings is 1. The molecule has 1 N–H and O–H groups in total. The van der Waals surface area contributed by atoms with E-state index < -0.39 is 5.60 Å². The van der Waals surface area contributed by atoms with Gasteiger partial charge >= 0.3 is 0 Å². The molecule has 1 aromatic heterocycles. The minimum absolute atomic E-state index is 0.143. The molecule has 1 aromatic rings. The molecule has 0 amide bonds. The lowest BCUT2D eigenvalue weighted by Gasteiger charge is -2.29. The summed E-state index contributed by atoms with van der Waals surface area (Å²) in [6, 6.07) is 3.73. The van der Waals surface area contributed by atoms with Gasteiger partial charge in [0.2, 0.25) is 0 Å². The van der Waals surface area contributed by atoms with Crippen LogP contribution in [0.1, 0.15) is 25.8 Å². The third kappa shape index (κ3) is 2.20. The summed E-state index contributed by atoms with van der Waals surface area (Å²) in [4.78, 5) is 4.01. The molecule has 2 nitrogen and oxygen atoms in total. The summed E-state index contributed by atoms with van der Waals surface area (Å²) in [5, 5.41) is 10.3. The van der Waals surface area contributed by atoms with Crippen molar-refractivity contribution in [1.82, 2.24) is 4.98 Å². The third-order valence-corrected chi connectivity index (χ3v) is 2.73. The first-order valence-electron chi connectivity index (χ1n) is 4.82. The van der Waals surface area contributed by atoms with Gasteiger partial charge in [0.15, 0.2) is 0 Å². The van der Waals surface area contributed by atoms with E-state index in [-0.39, 0.29) is 5.92 Å². The van der Waals surface area contributed by atoms with Crippen molar-refractivity contribution in [3.05, 3.63) is 42.7 Å². The van der Waals surface area contributed by atoms with Gasteiger partial charge < -0.3 is 5.11 Å². The van der Waals surface area contributed by atoms with E-state index in [2.05, 4.69) is 11.6 Å². The fraction of sp³-hybridized carbons (Fsp3) is 0.417. The second-order valence-corrected chi connectivity index (χ2v) is 3.81. The van der Waals surface area contributed by atoms with E-state index in [0.29, 0.717) is 0 Å². The molecule has 2 unspecified atom stereocenters. The molecular formula is C12H17NO. The molecule has 1 heterocycles. The van der Waals surface area contributed by atoms with Crippen LogP contribution in [0.2, 0.25) is 0 Å². The lowest BCUT2D eigenvalue weighted by atomic mass is 9.83. The second-order valence-electron chi connectivity index (χ2n) is 3.81. The van der Waals surface area contributed by atoms with E-state index in [1.165, 1.54) is 0 Å².